The minimum Gasteiger partial charge on any atom is -0.381 e. The molecular formula is C13H26O3S. The summed E-state index contributed by atoms with van der Waals surface area (Å²) in [5.74, 6) is 0.580. The van der Waals surface area contributed by atoms with Gasteiger partial charge in [0.15, 0.2) is 9.84 Å². The summed E-state index contributed by atoms with van der Waals surface area (Å²) in [6, 6.07) is 0. The molecule has 102 valence electrons. The molecule has 1 rings (SSSR count). The van der Waals surface area contributed by atoms with Crippen LogP contribution < -0.4 is 0 Å². The van der Waals surface area contributed by atoms with Gasteiger partial charge in [0.25, 0.3) is 0 Å². The first-order valence-electron chi connectivity index (χ1n) is 6.38. The van der Waals surface area contributed by atoms with Crippen molar-refractivity contribution in [1.29, 1.82) is 0 Å². The number of sulfone groups is 1. The molecule has 4 heteroatoms. The van der Waals surface area contributed by atoms with E-state index in [0.29, 0.717) is 19.0 Å². The molecule has 0 N–H and O–H groups in total. The molecule has 0 atom stereocenters. The van der Waals surface area contributed by atoms with E-state index < -0.39 is 14.6 Å². The molecule has 0 radical (unpaired) electrons. The molecule has 0 unspecified atom stereocenters. The van der Waals surface area contributed by atoms with Crippen LogP contribution >= 0.6 is 0 Å². The fraction of sp³-hybridized carbons (Fsp3) is 1.00. The fourth-order valence-electron chi connectivity index (χ4n) is 1.90. The normalized spacial score (nSPS) is 20.5. The smallest absolute Gasteiger partial charge is 0.156 e. The van der Waals surface area contributed by atoms with Crippen LogP contribution in [0.25, 0.3) is 0 Å². The molecule has 3 nitrogen and oxygen atoms in total. The Labute approximate surface area is 106 Å². The summed E-state index contributed by atoms with van der Waals surface area (Å²) in [4.78, 5) is 0. The van der Waals surface area contributed by atoms with Gasteiger partial charge in [0.2, 0.25) is 0 Å². The van der Waals surface area contributed by atoms with Gasteiger partial charge in [0, 0.05) is 13.2 Å². The van der Waals surface area contributed by atoms with E-state index >= 15 is 0 Å². The van der Waals surface area contributed by atoms with E-state index in [2.05, 4.69) is 0 Å². The van der Waals surface area contributed by atoms with Gasteiger partial charge in [-0.1, -0.05) is 20.8 Å². The second kappa shape index (κ2) is 4.88. The van der Waals surface area contributed by atoms with Crippen LogP contribution in [0.4, 0.5) is 0 Å². The van der Waals surface area contributed by atoms with Crippen molar-refractivity contribution < 1.29 is 13.2 Å². The van der Waals surface area contributed by atoms with Crippen molar-refractivity contribution in [3.8, 4) is 0 Å². The van der Waals surface area contributed by atoms with E-state index in [1.54, 1.807) is 0 Å². The molecule has 1 aliphatic rings. The summed E-state index contributed by atoms with van der Waals surface area (Å²) in [6.07, 6.45) is 1.75. The van der Waals surface area contributed by atoms with E-state index in [4.69, 9.17) is 4.74 Å². The quantitative estimate of drug-likeness (QED) is 0.785. The van der Waals surface area contributed by atoms with E-state index in [0.717, 1.165) is 12.8 Å². The Kier molecular flexibility index (Phi) is 4.30. The van der Waals surface area contributed by atoms with Gasteiger partial charge in [0.05, 0.1) is 10.5 Å². The standard InChI is InChI=1S/C13H26O3S/c1-12(2,3)13(4,5)17(14,15)10-11-6-8-16-9-7-11/h11H,6-10H2,1-5H3. The van der Waals surface area contributed by atoms with Crippen LogP contribution in [0.3, 0.4) is 0 Å². The molecule has 0 aliphatic carbocycles. The highest BCUT2D eigenvalue weighted by Gasteiger charge is 2.45. The number of ether oxygens (including phenoxy) is 1. The van der Waals surface area contributed by atoms with Crippen LogP contribution in [0.15, 0.2) is 0 Å². The van der Waals surface area contributed by atoms with Crippen LogP contribution in [0.5, 0.6) is 0 Å². The monoisotopic (exact) mass is 262 g/mol. The van der Waals surface area contributed by atoms with Gasteiger partial charge in [-0.05, 0) is 38.0 Å². The summed E-state index contributed by atoms with van der Waals surface area (Å²) in [5, 5.41) is 0. The van der Waals surface area contributed by atoms with Crippen molar-refractivity contribution in [3.05, 3.63) is 0 Å². The number of hydrogen-bond acceptors (Lipinski definition) is 3. The average Bonchev–Trinajstić information content (AvgIpc) is 2.16. The zero-order valence-corrected chi connectivity index (χ0v) is 12.6. The third-order valence-corrected chi connectivity index (χ3v) is 7.46. The first kappa shape index (κ1) is 15.0. The lowest BCUT2D eigenvalue weighted by Crippen LogP contribution is -2.47. The molecule has 0 saturated carbocycles. The van der Waals surface area contributed by atoms with Gasteiger partial charge >= 0.3 is 0 Å². The van der Waals surface area contributed by atoms with Gasteiger partial charge in [-0.3, -0.25) is 0 Å². The van der Waals surface area contributed by atoms with Crippen LogP contribution in [0.1, 0.15) is 47.5 Å². The van der Waals surface area contributed by atoms with E-state index in [9.17, 15) is 8.42 Å². The van der Waals surface area contributed by atoms with Gasteiger partial charge in [-0.15, -0.1) is 0 Å². The topological polar surface area (TPSA) is 43.4 Å². The SMILES string of the molecule is CC(C)(C)C(C)(C)S(=O)(=O)CC1CCOCC1. The van der Waals surface area contributed by atoms with Gasteiger partial charge in [-0.25, -0.2) is 8.42 Å². The second-order valence-corrected chi connectivity index (χ2v) is 9.18. The minimum absolute atomic E-state index is 0.239. The third-order valence-electron chi connectivity index (χ3n) is 4.38. The largest absolute Gasteiger partial charge is 0.381 e. The molecular weight excluding hydrogens is 236 g/mol. The zero-order valence-electron chi connectivity index (χ0n) is 11.7. The van der Waals surface area contributed by atoms with E-state index in [-0.39, 0.29) is 11.3 Å². The lowest BCUT2D eigenvalue weighted by molar-refractivity contribution is 0.0721. The molecule has 1 heterocycles. The molecule has 1 saturated heterocycles. The predicted octanol–water partition coefficient (Wildman–Crippen LogP) is 2.65. The third kappa shape index (κ3) is 3.22. The molecule has 1 aliphatic heterocycles. The molecule has 0 bridgehead atoms. The first-order valence-corrected chi connectivity index (χ1v) is 8.03. The number of hydrogen-bond donors (Lipinski definition) is 0. The van der Waals surface area contributed by atoms with Crippen molar-refractivity contribution in [1.82, 2.24) is 0 Å². The Morgan fingerprint density at radius 3 is 1.94 bits per heavy atom. The molecule has 1 fully saturated rings. The van der Waals surface area contributed by atoms with Gasteiger partial charge < -0.3 is 4.74 Å². The Morgan fingerprint density at radius 1 is 1.06 bits per heavy atom. The molecule has 0 aromatic carbocycles. The molecule has 0 aromatic heterocycles. The van der Waals surface area contributed by atoms with Crippen molar-refractivity contribution in [2.75, 3.05) is 19.0 Å². The second-order valence-electron chi connectivity index (χ2n) is 6.60. The van der Waals surface area contributed by atoms with Gasteiger partial charge in [-0.2, -0.15) is 0 Å². The van der Waals surface area contributed by atoms with Crippen LogP contribution in [-0.2, 0) is 14.6 Å². The summed E-state index contributed by atoms with van der Waals surface area (Å²) in [6.45, 7) is 11.1. The van der Waals surface area contributed by atoms with Crippen molar-refractivity contribution in [3.63, 3.8) is 0 Å². The van der Waals surface area contributed by atoms with Crippen LogP contribution in [0, 0.1) is 11.3 Å². The van der Waals surface area contributed by atoms with Crippen LogP contribution in [-0.4, -0.2) is 32.1 Å². The maximum atomic E-state index is 12.5. The van der Waals surface area contributed by atoms with E-state index in [1.165, 1.54) is 0 Å². The number of rotatable bonds is 3. The maximum Gasteiger partial charge on any atom is 0.156 e. The Hall–Kier alpha value is -0.0900. The highest BCUT2D eigenvalue weighted by molar-refractivity contribution is 7.92. The summed E-state index contributed by atoms with van der Waals surface area (Å²) in [5.41, 5.74) is -0.239. The lowest BCUT2D eigenvalue weighted by Gasteiger charge is -2.39. The van der Waals surface area contributed by atoms with Crippen molar-refractivity contribution in [2.24, 2.45) is 11.3 Å². The van der Waals surface area contributed by atoms with Crippen molar-refractivity contribution in [2.45, 2.75) is 52.2 Å². The van der Waals surface area contributed by atoms with Crippen LogP contribution in [0.2, 0.25) is 0 Å². The minimum atomic E-state index is -3.07. The van der Waals surface area contributed by atoms with Gasteiger partial charge in [0.1, 0.15) is 0 Å². The fourth-order valence-corrected chi connectivity index (χ4v) is 4.20. The Bertz CT molecular complexity index is 343. The molecule has 17 heavy (non-hydrogen) atoms. The lowest BCUT2D eigenvalue weighted by atomic mass is 9.82. The average molecular weight is 262 g/mol. The maximum absolute atomic E-state index is 12.5. The van der Waals surface area contributed by atoms with E-state index in [1.807, 2.05) is 34.6 Å². The zero-order chi connectivity index (χ0) is 13.3. The summed E-state index contributed by atoms with van der Waals surface area (Å²) in [7, 11) is -3.07. The Balaban J connectivity index is 2.80. The van der Waals surface area contributed by atoms with Crippen molar-refractivity contribution >= 4 is 9.84 Å². The summed E-state index contributed by atoms with van der Waals surface area (Å²) < 4.78 is 29.6. The summed E-state index contributed by atoms with van der Waals surface area (Å²) >= 11 is 0. The molecule has 0 amide bonds. The highest BCUT2D eigenvalue weighted by atomic mass is 32.2. The first-order chi connectivity index (χ1) is 7.58. The Morgan fingerprint density at radius 2 is 1.53 bits per heavy atom. The predicted molar refractivity (Wildman–Crippen MR) is 70.9 cm³/mol. The molecule has 0 aromatic rings. The molecule has 0 spiro atoms. The highest BCUT2D eigenvalue weighted by Crippen LogP contribution is 2.38.